The number of hydrogen-bond donors (Lipinski definition) is 1. The molecule has 0 fully saturated rings. The number of aromatic nitrogens is 3. The normalized spacial score (nSPS) is 11.2. The van der Waals surface area contributed by atoms with Gasteiger partial charge in [0.15, 0.2) is 5.65 Å². The molecule has 0 saturated heterocycles. The lowest BCUT2D eigenvalue weighted by atomic mass is 10.1. The minimum Gasteiger partial charge on any atom is -0.352 e. The Morgan fingerprint density at radius 1 is 1.24 bits per heavy atom. The summed E-state index contributed by atoms with van der Waals surface area (Å²) < 4.78 is 2.14. The Kier molecular flexibility index (Phi) is 4.83. The average molecular weight is 336 g/mol. The van der Waals surface area contributed by atoms with Gasteiger partial charge < -0.3 is 9.88 Å². The minimum absolute atomic E-state index is 0.0356. The Balaban J connectivity index is 1.74. The maximum Gasteiger partial charge on any atom is 0.251 e. The van der Waals surface area contributed by atoms with Gasteiger partial charge in [-0.1, -0.05) is 17.7 Å². The highest BCUT2D eigenvalue weighted by molar-refractivity contribution is 5.95. The summed E-state index contributed by atoms with van der Waals surface area (Å²) in [5.74, 6) is 0.913. The molecule has 0 unspecified atom stereocenters. The average Bonchev–Trinajstić information content (AvgIpc) is 2.95. The first kappa shape index (κ1) is 17.1. The molecule has 130 valence electrons. The van der Waals surface area contributed by atoms with Crippen molar-refractivity contribution in [3.63, 3.8) is 0 Å². The third-order valence-electron chi connectivity index (χ3n) is 4.31. The molecule has 2 heterocycles. The number of carbonyl (C=O) groups excluding carboxylic acids is 1. The second kappa shape index (κ2) is 7.05. The summed E-state index contributed by atoms with van der Waals surface area (Å²) in [5, 5.41) is 3.01. The third-order valence-corrected chi connectivity index (χ3v) is 4.31. The van der Waals surface area contributed by atoms with Crippen molar-refractivity contribution in [2.45, 2.75) is 40.2 Å². The lowest BCUT2D eigenvalue weighted by Crippen LogP contribution is -2.27. The van der Waals surface area contributed by atoms with Crippen LogP contribution in [0.3, 0.4) is 0 Å². The van der Waals surface area contributed by atoms with Crippen LogP contribution in [0.2, 0.25) is 0 Å². The number of benzene rings is 1. The van der Waals surface area contributed by atoms with E-state index in [4.69, 9.17) is 0 Å². The molecule has 1 N–H and O–H groups in total. The zero-order chi connectivity index (χ0) is 18.0. The van der Waals surface area contributed by atoms with Crippen molar-refractivity contribution in [3.05, 3.63) is 59.0 Å². The number of nitrogens with one attached hydrogen (secondary N) is 1. The van der Waals surface area contributed by atoms with E-state index in [9.17, 15) is 4.79 Å². The molecule has 0 atom stereocenters. The Bertz CT molecular complexity index is 911. The van der Waals surface area contributed by atoms with Crippen LogP contribution >= 0.6 is 0 Å². The largest absolute Gasteiger partial charge is 0.352 e. The lowest BCUT2D eigenvalue weighted by Gasteiger charge is -2.13. The van der Waals surface area contributed by atoms with Crippen LogP contribution in [-0.2, 0) is 6.42 Å². The molecule has 0 bridgehead atoms. The number of pyridine rings is 1. The lowest BCUT2D eigenvalue weighted by molar-refractivity contribution is 0.0953. The van der Waals surface area contributed by atoms with E-state index in [0.717, 1.165) is 33.7 Å². The van der Waals surface area contributed by atoms with Crippen molar-refractivity contribution < 1.29 is 4.79 Å². The highest BCUT2D eigenvalue weighted by Gasteiger charge is 2.15. The zero-order valence-electron chi connectivity index (χ0n) is 15.2. The van der Waals surface area contributed by atoms with Crippen molar-refractivity contribution in [3.8, 4) is 0 Å². The third kappa shape index (κ3) is 3.55. The fraction of sp³-hybridized carbons (Fsp3) is 0.350. The maximum absolute atomic E-state index is 12.4. The van der Waals surface area contributed by atoms with E-state index in [2.05, 4.69) is 33.7 Å². The molecule has 2 aromatic heterocycles. The van der Waals surface area contributed by atoms with E-state index >= 15 is 0 Å². The highest BCUT2D eigenvalue weighted by atomic mass is 16.1. The molecule has 3 rings (SSSR count). The smallest absolute Gasteiger partial charge is 0.251 e. The van der Waals surface area contributed by atoms with Crippen LogP contribution < -0.4 is 5.32 Å². The number of hydrogen-bond acceptors (Lipinski definition) is 3. The maximum atomic E-state index is 12.4. The van der Waals surface area contributed by atoms with Crippen molar-refractivity contribution >= 4 is 17.1 Å². The number of amides is 1. The van der Waals surface area contributed by atoms with Crippen molar-refractivity contribution in [2.24, 2.45) is 0 Å². The van der Waals surface area contributed by atoms with Crippen LogP contribution in [0.1, 0.15) is 47.2 Å². The van der Waals surface area contributed by atoms with E-state index in [-0.39, 0.29) is 11.9 Å². The van der Waals surface area contributed by atoms with Gasteiger partial charge in [0.25, 0.3) is 5.91 Å². The van der Waals surface area contributed by atoms with Gasteiger partial charge >= 0.3 is 0 Å². The first-order chi connectivity index (χ1) is 12.0. The molecule has 25 heavy (non-hydrogen) atoms. The molecule has 1 amide bonds. The van der Waals surface area contributed by atoms with Crippen LogP contribution in [0, 0.1) is 13.8 Å². The van der Waals surface area contributed by atoms with E-state index in [1.807, 2.05) is 44.2 Å². The van der Waals surface area contributed by atoms with Gasteiger partial charge in [0.2, 0.25) is 0 Å². The molecule has 5 heteroatoms. The molecule has 0 aliphatic rings. The van der Waals surface area contributed by atoms with E-state index < -0.39 is 0 Å². The first-order valence-electron chi connectivity index (χ1n) is 8.64. The van der Waals surface area contributed by atoms with Crippen molar-refractivity contribution in [1.29, 1.82) is 0 Å². The van der Waals surface area contributed by atoms with Crippen LogP contribution in [0.4, 0.5) is 0 Å². The molecule has 0 radical (unpaired) electrons. The molecule has 0 aliphatic heterocycles. The fourth-order valence-corrected chi connectivity index (χ4v) is 3.06. The summed E-state index contributed by atoms with van der Waals surface area (Å²) in [6.45, 7) is 8.73. The molecule has 3 aromatic rings. The van der Waals surface area contributed by atoms with Gasteiger partial charge in [0.05, 0.1) is 0 Å². The first-order valence-corrected chi connectivity index (χ1v) is 8.64. The number of aryl methyl sites for hydroxylation is 2. The highest BCUT2D eigenvalue weighted by Crippen LogP contribution is 2.19. The van der Waals surface area contributed by atoms with Crippen LogP contribution in [0.5, 0.6) is 0 Å². The Morgan fingerprint density at radius 3 is 2.80 bits per heavy atom. The van der Waals surface area contributed by atoms with Gasteiger partial charge in [-0.2, -0.15) is 0 Å². The van der Waals surface area contributed by atoms with Gasteiger partial charge in [-0.3, -0.25) is 4.79 Å². The summed E-state index contributed by atoms with van der Waals surface area (Å²) in [7, 11) is 0. The molecule has 1 aromatic carbocycles. The van der Waals surface area contributed by atoms with Crippen LogP contribution in [-0.4, -0.2) is 27.0 Å². The molecule has 5 nitrogen and oxygen atoms in total. The second-order valence-electron chi connectivity index (χ2n) is 6.66. The SMILES string of the molecule is Cc1ccc(C)c(C(=O)NCCc2nc3cccnc3n2C(C)C)c1. The van der Waals surface area contributed by atoms with E-state index in [0.29, 0.717) is 13.0 Å². The van der Waals surface area contributed by atoms with Gasteiger partial charge in [0.1, 0.15) is 11.3 Å². The summed E-state index contributed by atoms with van der Waals surface area (Å²) in [4.78, 5) is 21.6. The fourth-order valence-electron chi connectivity index (χ4n) is 3.06. The van der Waals surface area contributed by atoms with Crippen LogP contribution in [0.15, 0.2) is 36.5 Å². The van der Waals surface area contributed by atoms with Gasteiger partial charge in [-0.25, -0.2) is 9.97 Å². The quantitative estimate of drug-likeness (QED) is 0.774. The van der Waals surface area contributed by atoms with Crippen LogP contribution in [0.25, 0.3) is 11.2 Å². The Hall–Kier alpha value is -2.69. The Morgan fingerprint density at radius 2 is 2.04 bits per heavy atom. The summed E-state index contributed by atoms with van der Waals surface area (Å²) >= 11 is 0. The molecule has 0 spiro atoms. The summed E-state index contributed by atoms with van der Waals surface area (Å²) in [6.07, 6.45) is 2.46. The van der Waals surface area contributed by atoms with E-state index in [1.165, 1.54) is 0 Å². The minimum atomic E-state index is -0.0356. The number of nitrogens with zero attached hydrogens (tertiary/aromatic N) is 3. The van der Waals surface area contributed by atoms with Crippen molar-refractivity contribution in [1.82, 2.24) is 19.9 Å². The number of rotatable bonds is 5. The predicted molar refractivity (Wildman–Crippen MR) is 99.9 cm³/mol. The van der Waals surface area contributed by atoms with Gasteiger partial charge in [-0.05, 0) is 51.5 Å². The molecule has 0 saturated carbocycles. The van der Waals surface area contributed by atoms with Gasteiger partial charge in [-0.15, -0.1) is 0 Å². The standard InChI is InChI=1S/C20H24N4O/c1-13(2)24-18(23-17-6-5-10-21-19(17)24)9-11-22-20(25)16-12-14(3)7-8-15(16)4/h5-8,10,12-13H,9,11H2,1-4H3,(H,22,25). The second-order valence-corrected chi connectivity index (χ2v) is 6.66. The summed E-state index contributed by atoms with van der Waals surface area (Å²) in [6, 6.07) is 10.1. The molecule has 0 aliphatic carbocycles. The van der Waals surface area contributed by atoms with Gasteiger partial charge in [0, 0.05) is 30.8 Å². The Labute approximate surface area is 148 Å². The monoisotopic (exact) mass is 336 g/mol. The number of fused-ring (bicyclic) bond motifs is 1. The predicted octanol–water partition coefficient (Wildman–Crippen LogP) is 3.60. The number of imidazole rings is 1. The number of carbonyl (C=O) groups is 1. The molecular formula is C20H24N4O. The van der Waals surface area contributed by atoms with E-state index in [1.54, 1.807) is 6.20 Å². The topological polar surface area (TPSA) is 59.8 Å². The summed E-state index contributed by atoms with van der Waals surface area (Å²) in [5.41, 5.74) is 4.60. The molecular weight excluding hydrogens is 312 g/mol. The zero-order valence-corrected chi connectivity index (χ0v) is 15.2. The van der Waals surface area contributed by atoms with Crippen molar-refractivity contribution in [2.75, 3.05) is 6.54 Å².